The van der Waals surface area contributed by atoms with E-state index in [2.05, 4.69) is 20.7 Å². The van der Waals surface area contributed by atoms with Gasteiger partial charge in [-0.05, 0) is 31.0 Å². The van der Waals surface area contributed by atoms with E-state index in [1.165, 1.54) is 0 Å². The van der Waals surface area contributed by atoms with E-state index in [4.69, 9.17) is 0 Å². The number of hydrogen-bond donors (Lipinski definition) is 2. The Balaban J connectivity index is 2.25. The lowest BCUT2D eigenvalue weighted by molar-refractivity contribution is 0.142. The molecule has 1 aromatic rings. The molecule has 0 atom stereocenters. The molecule has 0 unspecified atom stereocenters. The lowest BCUT2D eigenvalue weighted by Gasteiger charge is -2.36. The molecule has 19 heavy (non-hydrogen) atoms. The largest absolute Gasteiger partial charge is 0.394 e. The van der Waals surface area contributed by atoms with E-state index in [1.54, 1.807) is 24.3 Å². The minimum atomic E-state index is -3.59. The highest BCUT2D eigenvalue weighted by molar-refractivity contribution is 9.10. The maximum atomic E-state index is 12.4. The zero-order valence-electron chi connectivity index (χ0n) is 10.6. The van der Waals surface area contributed by atoms with E-state index in [0.717, 1.165) is 23.7 Å². The van der Waals surface area contributed by atoms with Gasteiger partial charge in [-0.15, -0.1) is 0 Å². The second kappa shape index (κ2) is 5.91. The molecule has 1 saturated carbocycles. The molecule has 1 aromatic carbocycles. The molecule has 0 radical (unpaired) electrons. The molecule has 0 heterocycles. The molecule has 4 nitrogen and oxygen atoms in total. The Bertz CT molecular complexity index is 539. The number of benzene rings is 1. The van der Waals surface area contributed by atoms with Crippen LogP contribution in [0.4, 0.5) is 0 Å². The molecule has 0 aromatic heterocycles. The summed E-state index contributed by atoms with van der Waals surface area (Å²) in [6, 6.07) is 6.59. The molecular weight excluding hydrogens is 330 g/mol. The van der Waals surface area contributed by atoms with Gasteiger partial charge in [0.15, 0.2) is 0 Å². The van der Waals surface area contributed by atoms with Crippen molar-refractivity contribution in [1.29, 1.82) is 0 Å². The van der Waals surface area contributed by atoms with Crippen LogP contribution in [-0.2, 0) is 10.0 Å². The summed E-state index contributed by atoms with van der Waals surface area (Å²) in [5, 5.41) is 9.57. The van der Waals surface area contributed by atoms with Crippen LogP contribution in [0.5, 0.6) is 0 Å². The van der Waals surface area contributed by atoms with E-state index < -0.39 is 15.6 Å². The van der Waals surface area contributed by atoms with Gasteiger partial charge in [0.25, 0.3) is 0 Å². The van der Waals surface area contributed by atoms with Crippen molar-refractivity contribution < 1.29 is 13.5 Å². The molecule has 1 aliphatic rings. The van der Waals surface area contributed by atoms with E-state index in [-0.39, 0.29) is 11.5 Å². The number of halogens is 1. The first-order valence-corrected chi connectivity index (χ1v) is 8.65. The number of aliphatic hydroxyl groups is 1. The summed E-state index contributed by atoms with van der Waals surface area (Å²) in [6.07, 6.45) is 4.37. The fourth-order valence-corrected chi connectivity index (χ4v) is 4.55. The van der Waals surface area contributed by atoms with Gasteiger partial charge >= 0.3 is 0 Å². The fourth-order valence-electron chi connectivity index (χ4n) is 2.50. The number of aliphatic hydroxyl groups excluding tert-OH is 1. The molecule has 0 amide bonds. The molecular formula is C13H18BrNO3S. The maximum absolute atomic E-state index is 12.4. The Kier molecular flexibility index (Phi) is 4.66. The fraction of sp³-hybridized carbons (Fsp3) is 0.538. The van der Waals surface area contributed by atoms with Crippen LogP contribution in [0.1, 0.15) is 32.1 Å². The molecule has 0 bridgehead atoms. The van der Waals surface area contributed by atoms with Gasteiger partial charge < -0.3 is 5.11 Å². The predicted molar refractivity (Wildman–Crippen MR) is 77.4 cm³/mol. The normalized spacial score (nSPS) is 19.3. The third-order valence-electron chi connectivity index (χ3n) is 3.57. The Labute approximate surface area is 122 Å². The highest BCUT2D eigenvalue weighted by Gasteiger charge is 2.35. The van der Waals surface area contributed by atoms with Crippen LogP contribution < -0.4 is 4.72 Å². The quantitative estimate of drug-likeness (QED) is 0.878. The van der Waals surface area contributed by atoms with Crippen molar-refractivity contribution in [3.05, 3.63) is 28.7 Å². The highest BCUT2D eigenvalue weighted by Crippen LogP contribution is 2.29. The molecule has 2 N–H and O–H groups in total. The van der Waals surface area contributed by atoms with Crippen molar-refractivity contribution in [2.24, 2.45) is 0 Å². The summed E-state index contributed by atoms with van der Waals surface area (Å²) < 4.78 is 28.2. The second-order valence-corrected chi connectivity index (χ2v) is 7.66. The first-order chi connectivity index (χ1) is 8.97. The summed E-state index contributed by atoms with van der Waals surface area (Å²) in [7, 11) is -3.59. The van der Waals surface area contributed by atoms with E-state index >= 15 is 0 Å². The van der Waals surface area contributed by atoms with Crippen LogP contribution in [0.3, 0.4) is 0 Å². The summed E-state index contributed by atoms with van der Waals surface area (Å²) in [6.45, 7) is -0.153. The van der Waals surface area contributed by atoms with Gasteiger partial charge in [-0.3, -0.25) is 0 Å². The zero-order valence-corrected chi connectivity index (χ0v) is 13.0. The lowest BCUT2D eigenvalue weighted by Crippen LogP contribution is -2.52. The van der Waals surface area contributed by atoms with Crippen LogP contribution in [0, 0.1) is 0 Å². The summed E-state index contributed by atoms with van der Waals surface area (Å²) in [5.74, 6) is 0. The Hall–Kier alpha value is -0.430. The lowest BCUT2D eigenvalue weighted by atomic mass is 9.83. The van der Waals surface area contributed by atoms with Crippen molar-refractivity contribution in [2.45, 2.75) is 42.5 Å². The van der Waals surface area contributed by atoms with Crippen molar-refractivity contribution in [1.82, 2.24) is 4.72 Å². The number of hydrogen-bond acceptors (Lipinski definition) is 3. The minimum absolute atomic E-state index is 0.153. The monoisotopic (exact) mass is 347 g/mol. The van der Waals surface area contributed by atoms with Gasteiger partial charge in [0.1, 0.15) is 0 Å². The van der Waals surface area contributed by atoms with E-state index in [9.17, 15) is 13.5 Å². The summed E-state index contributed by atoms with van der Waals surface area (Å²) >= 11 is 3.27. The van der Waals surface area contributed by atoms with Gasteiger partial charge in [0, 0.05) is 4.47 Å². The molecule has 6 heteroatoms. The topological polar surface area (TPSA) is 66.4 Å². The van der Waals surface area contributed by atoms with E-state index in [0.29, 0.717) is 12.8 Å². The molecule has 1 aliphatic carbocycles. The van der Waals surface area contributed by atoms with Crippen LogP contribution in [0.25, 0.3) is 0 Å². The van der Waals surface area contributed by atoms with Crippen molar-refractivity contribution >= 4 is 26.0 Å². The van der Waals surface area contributed by atoms with Crippen molar-refractivity contribution in [3.8, 4) is 0 Å². The van der Waals surface area contributed by atoms with Crippen LogP contribution >= 0.6 is 15.9 Å². The second-order valence-electron chi connectivity index (χ2n) is 5.06. The molecule has 0 spiro atoms. The summed E-state index contributed by atoms with van der Waals surface area (Å²) in [5.41, 5.74) is -0.695. The van der Waals surface area contributed by atoms with Gasteiger partial charge in [-0.25, -0.2) is 13.1 Å². The molecule has 0 saturated heterocycles. The van der Waals surface area contributed by atoms with Crippen LogP contribution in [0.15, 0.2) is 33.6 Å². The Morgan fingerprint density at radius 3 is 2.53 bits per heavy atom. The zero-order chi connectivity index (χ0) is 13.9. The SMILES string of the molecule is O=S(=O)(NC1(CO)CCCCC1)c1cccc(Br)c1. The third kappa shape index (κ3) is 3.56. The Morgan fingerprint density at radius 1 is 1.26 bits per heavy atom. The Morgan fingerprint density at radius 2 is 1.95 bits per heavy atom. The highest BCUT2D eigenvalue weighted by atomic mass is 79.9. The van der Waals surface area contributed by atoms with Gasteiger partial charge in [-0.2, -0.15) is 0 Å². The number of rotatable bonds is 4. The maximum Gasteiger partial charge on any atom is 0.241 e. The average molecular weight is 348 g/mol. The molecule has 106 valence electrons. The van der Waals surface area contributed by atoms with Gasteiger partial charge in [0.2, 0.25) is 10.0 Å². The van der Waals surface area contributed by atoms with Crippen molar-refractivity contribution in [3.63, 3.8) is 0 Å². The van der Waals surface area contributed by atoms with Crippen LogP contribution in [0.2, 0.25) is 0 Å². The number of sulfonamides is 1. The minimum Gasteiger partial charge on any atom is -0.394 e. The van der Waals surface area contributed by atoms with Gasteiger partial charge in [-0.1, -0.05) is 41.3 Å². The average Bonchev–Trinajstić information content (AvgIpc) is 2.39. The van der Waals surface area contributed by atoms with Crippen molar-refractivity contribution in [2.75, 3.05) is 6.61 Å². The van der Waals surface area contributed by atoms with Gasteiger partial charge in [0.05, 0.1) is 17.0 Å². The first kappa shape index (κ1) is 15.0. The smallest absolute Gasteiger partial charge is 0.241 e. The standard InChI is InChI=1S/C13H18BrNO3S/c14-11-5-4-6-12(9-11)19(17,18)15-13(10-16)7-2-1-3-8-13/h4-6,9,15-16H,1-3,7-8,10H2. The predicted octanol–water partition coefficient (Wildman–Crippen LogP) is 2.42. The molecule has 0 aliphatic heterocycles. The molecule has 2 rings (SSSR count). The third-order valence-corrected chi connectivity index (χ3v) is 5.64. The summed E-state index contributed by atoms with van der Waals surface area (Å²) in [4.78, 5) is 0.222. The first-order valence-electron chi connectivity index (χ1n) is 6.38. The molecule has 1 fully saturated rings. The number of nitrogens with one attached hydrogen (secondary N) is 1. The van der Waals surface area contributed by atoms with E-state index in [1.807, 2.05) is 0 Å². The van der Waals surface area contributed by atoms with Crippen LogP contribution in [-0.4, -0.2) is 25.7 Å².